The van der Waals surface area contributed by atoms with Crippen molar-refractivity contribution < 1.29 is 9.18 Å². The van der Waals surface area contributed by atoms with Gasteiger partial charge in [0.15, 0.2) is 16.8 Å². The maximum atomic E-state index is 14.1. The summed E-state index contributed by atoms with van der Waals surface area (Å²) in [7, 11) is 0. The molecule has 1 aliphatic rings. The minimum Gasteiger partial charge on any atom is -0.379 e. The van der Waals surface area contributed by atoms with Crippen LogP contribution in [0.15, 0.2) is 35.6 Å². The molecule has 0 unspecified atom stereocenters. The summed E-state index contributed by atoms with van der Waals surface area (Å²) in [4.78, 5) is 25.3. The Bertz CT molecular complexity index is 969. The van der Waals surface area contributed by atoms with Gasteiger partial charge in [0.1, 0.15) is 11.2 Å². The number of thioether (sulfide) groups is 1. The number of ketones is 1. The van der Waals surface area contributed by atoms with Gasteiger partial charge in [-0.25, -0.2) is 14.4 Å². The highest BCUT2D eigenvalue weighted by molar-refractivity contribution is 8.14. The van der Waals surface area contributed by atoms with E-state index in [0.29, 0.717) is 21.5 Å². The monoisotopic (exact) mass is 382 g/mol. The van der Waals surface area contributed by atoms with Crippen molar-refractivity contribution >= 4 is 22.7 Å². The van der Waals surface area contributed by atoms with Gasteiger partial charge < -0.3 is 5.73 Å². The maximum Gasteiger partial charge on any atom is 0.188 e. The van der Waals surface area contributed by atoms with Crippen molar-refractivity contribution in [3.63, 3.8) is 0 Å². The average molecular weight is 382 g/mol. The molecule has 0 saturated carbocycles. The topological polar surface area (TPSA) is 81.2 Å². The average Bonchev–Trinajstić information content (AvgIpc) is 2.60. The minimum absolute atomic E-state index is 0.00835. The third kappa shape index (κ3) is 4.17. The number of halogens is 1. The predicted octanol–water partition coefficient (Wildman–Crippen LogP) is 3.08. The molecule has 2 aromatic rings. The largest absolute Gasteiger partial charge is 0.379 e. The summed E-state index contributed by atoms with van der Waals surface area (Å²) >= 11 is 1.54. The molecule has 27 heavy (non-hydrogen) atoms. The predicted molar refractivity (Wildman–Crippen MR) is 105 cm³/mol. The van der Waals surface area contributed by atoms with Gasteiger partial charge in [-0.05, 0) is 37.1 Å². The first-order valence-corrected chi connectivity index (χ1v) is 9.31. The summed E-state index contributed by atoms with van der Waals surface area (Å²) in [5.41, 5.74) is 6.92. The Morgan fingerprint density at radius 3 is 2.93 bits per heavy atom. The lowest BCUT2D eigenvalue weighted by Gasteiger charge is -2.32. The van der Waals surface area contributed by atoms with Crippen LogP contribution in [-0.4, -0.2) is 26.2 Å². The van der Waals surface area contributed by atoms with Gasteiger partial charge >= 0.3 is 0 Å². The van der Waals surface area contributed by atoms with E-state index in [1.807, 2.05) is 13.0 Å². The van der Waals surface area contributed by atoms with Gasteiger partial charge in [0.25, 0.3) is 0 Å². The molecule has 0 aliphatic carbocycles. The molecule has 0 radical (unpaired) electrons. The van der Waals surface area contributed by atoms with E-state index in [2.05, 4.69) is 27.8 Å². The number of Topliss-reactive ketones (excluding diaryl/α,β-unsaturated/α-hetero) is 1. The fourth-order valence-electron chi connectivity index (χ4n) is 3.15. The molecule has 0 aromatic carbocycles. The Labute approximate surface area is 161 Å². The van der Waals surface area contributed by atoms with Crippen LogP contribution in [0, 0.1) is 18.2 Å². The number of aliphatic imine (C=N–C) groups is 1. The van der Waals surface area contributed by atoms with Crippen LogP contribution in [0.3, 0.4) is 0 Å². The standard InChI is InChI=1S/C20H19FN4OS/c1-4-13-7-15(21)18(24-11-13)16(26)8-14-5-6-23-17(9-14)20(3)10-12(2)27-19(22)25-20/h1,5-7,9,11-12H,8,10H2,2-3H3,(H2,22,25)/t12-,20+/m1/s1. The summed E-state index contributed by atoms with van der Waals surface area (Å²) in [6.45, 7) is 4.07. The molecule has 7 heteroatoms. The molecule has 2 N–H and O–H groups in total. The zero-order valence-corrected chi connectivity index (χ0v) is 15.9. The van der Waals surface area contributed by atoms with Crippen molar-refractivity contribution in [3.05, 3.63) is 58.9 Å². The summed E-state index contributed by atoms with van der Waals surface area (Å²) in [6, 6.07) is 4.69. The maximum absolute atomic E-state index is 14.1. The van der Waals surface area contributed by atoms with Crippen molar-refractivity contribution in [2.24, 2.45) is 10.7 Å². The fourth-order valence-corrected chi connectivity index (χ4v) is 4.23. The second-order valence-electron chi connectivity index (χ2n) is 6.70. The van der Waals surface area contributed by atoms with Gasteiger partial charge in [0, 0.05) is 29.6 Å². The van der Waals surface area contributed by atoms with Crippen LogP contribution >= 0.6 is 11.8 Å². The Morgan fingerprint density at radius 2 is 2.26 bits per heavy atom. The van der Waals surface area contributed by atoms with Crippen LogP contribution < -0.4 is 5.73 Å². The molecule has 3 rings (SSSR count). The SMILES string of the molecule is C#Cc1cnc(C(=O)Cc2ccnc([C@]3(C)C[C@@H](C)SC(N)=N3)c2)c(F)c1. The highest BCUT2D eigenvalue weighted by Crippen LogP contribution is 2.37. The van der Waals surface area contributed by atoms with Crippen LogP contribution in [0.2, 0.25) is 0 Å². The van der Waals surface area contributed by atoms with Crippen molar-refractivity contribution in [1.82, 2.24) is 9.97 Å². The summed E-state index contributed by atoms with van der Waals surface area (Å²) < 4.78 is 14.1. The van der Waals surface area contributed by atoms with E-state index in [-0.39, 0.29) is 12.1 Å². The Balaban J connectivity index is 1.85. The second-order valence-corrected chi connectivity index (χ2v) is 8.16. The molecule has 138 valence electrons. The van der Waals surface area contributed by atoms with E-state index in [1.54, 1.807) is 12.3 Å². The van der Waals surface area contributed by atoms with Gasteiger partial charge in [-0.2, -0.15) is 0 Å². The number of pyridine rings is 2. The van der Waals surface area contributed by atoms with Crippen LogP contribution in [0.5, 0.6) is 0 Å². The van der Waals surface area contributed by atoms with Crippen LogP contribution in [-0.2, 0) is 12.0 Å². The second kappa shape index (κ2) is 7.49. The van der Waals surface area contributed by atoms with Crippen molar-refractivity contribution in [3.8, 4) is 12.3 Å². The van der Waals surface area contributed by atoms with Crippen molar-refractivity contribution in [2.45, 2.75) is 37.5 Å². The number of hydrogen-bond donors (Lipinski definition) is 1. The van der Waals surface area contributed by atoms with E-state index in [4.69, 9.17) is 12.2 Å². The van der Waals surface area contributed by atoms with E-state index >= 15 is 0 Å². The Morgan fingerprint density at radius 1 is 1.48 bits per heavy atom. The van der Waals surface area contributed by atoms with E-state index < -0.39 is 17.1 Å². The van der Waals surface area contributed by atoms with Crippen LogP contribution in [0.1, 0.15) is 47.6 Å². The molecule has 2 aromatic heterocycles. The molecule has 0 spiro atoms. The number of rotatable bonds is 4. The highest BCUT2D eigenvalue weighted by Gasteiger charge is 2.34. The van der Waals surface area contributed by atoms with Gasteiger partial charge in [0.05, 0.1) is 5.69 Å². The summed E-state index contributed by atoms with van der Waals surface area (Å²) in [6.07, 6.45) is 8.96. The molecular weight excluding hydrogens is 363 g/mol. The number of hydrogen-bond acceptors (Lipinski definition) is 6. The van der Waals surface area contributed by atoms with E-state index in [0.717, 1.165) is 18.2 Å². The zero-order valence-electron chi connectivity index (χ0n) is 15.1. The zero-order chi connectivity index (χ0) is 19.6. The molecule has 1 aliphatic heterocycles. The molecule has 0 bridgehead atoms. The highest BCUT2D eigenvalue weighted by atomic mass is 32.2. The quantitative estimate of drug-likeness (QED) is 0.649. The molecule has 0 amide bonds. The van der Waals surface area contributed by atoms with Crippen LogP contribution in [0.25, 0.3) is 0 Å². The smallest absolute Gasteiger partial charge is 0.188 e. The lowest BCUT2D eigenvalue weighted by atomic mass is 9.90. The number of aromatic nitrogens is 2. The first-order valence-electron chi connectivity index (χ1n) is 8.43. The molecule has 2 atom stereocenters. The molecule has 0 fully saturated rings. The Kier molecular flexibility index (Phi) is 5.29. The lowest BCUT2D eigenvalue weighted by molar-refractivity contribution is 0.0984. The van der Waals surface area contributed by atoms with E-state index in [1.165, 1.54) is 18.0 Å². The summed E-state index contributed by atoms with van der Waals surface area (Å²) in [5, 5.41) is 0.840. The first kappa shape index (κ1) is 19.1. The molecule has 5 nitrogen and oxygen atoms in total. The molecule has 3 heterocycles. The van der Waals surface area contributed by atoms with Gasteiger partial charge in [-0.15, -0.1) is 6.42 Å². The van der Waals surface area contributed by atoms with Gasteiger partial charge in [-0.3, -0.25) is 9.78 Å². The number of carbonyl (C=O) groups is 1. The van der Waals surface area contributed by atoms with Crippen molar-refractivity contribution in [1.29, 1.82) is 0 Å². The number of nitrogens with zero attached hydrogens (tertiary/aromatic N) is 3. The summed E-state index contributed by atoms with van der Waals surface area (Å²) in [5.74, 6) is 1.15. The van der Waals surface area contributed by atoms with Crippen molar-refractivity contribution in [2.75, 3.05) is 0 Å². The third-order valence-electron chi connectivity index (χ3n) is 4.38. The van der Waals surface area contributed by atoms with Gasteiger partial charge in [0.2, 0.25) is 0 Å². The molecule has 0 saturated heterocycles. The number of nitrogens with two attached hydrogens (primary N) is 1. The minimum atomic E-state index is -0.716. The number of terminal acetylenes is 1. The first-order chi connectivity index (χ1) is 12.8. The number of amidine groups is 1. The fraction of sp³-hybridized carbons (Fsp3) is 0.300. The Hall–Kier alpha value is -2.72. The van der Waals surface area contributed by atoms with Crippen LogP contribution in [0.4, 0.5) is 4.39 Å². The molecular formula is C20H19FN4OS. The lowest BCUT2D eigenvalue weighted by Crippen LogP contribution is -2.33. The number of carbonyl (C=O) groups excluding carboxylic acids is 1. The van der Waals surface area contributed by atoms with E-state index in [9.17, 15) is 9.18 Å². The van der Waals surface area contributed by atoms with Gasteiger partial charge in [-0.1, -0.05) is 24.6 Å². The normalized spacial score (nSPS) is 22.0. The third-order valence-corrected chi connectivity index (χ3v) is 5.28.